The first kappa shape index (κ1) is 26.4. The van der Waals surface area contributed by atoms with Gasteiger partial charge in [0.2, 0.25) is 5.91 Å². The molecule has 2 aromatic rings. The summed E-state index contributed by atoms with van der Waals surface area (Å²) >= 11 is 12.4. The Kier molecular flexibility index (Phi) is 8.35. The highest BCUT2D eigenvalue weighted by molar-refractivity contribution is 6.35. The number of amides is 1. The van der Waals surface area contributed by atoms with Crippen LogP contribution in [0.3, 0.4) is 0 Å². The number of nitrogens with one attached hydrogen (secondary N) is 3. The molecule has 1 amide bonds. The maximum Gasteiger partial charge on any atom is 0.227 e. The number of hydrogen-bond donors (Lipinski definition) is 3. The van der Waals surface area contributed by atoms with Gasteiger partial charge in [0.15, 0.2) is 0 Å². The molecule has 0 saturated heterocycles. The van der Waals surface area contributed by atoms with Crippen molar-refractivity contribution >= 4 is 40.5 Å². The van der Waals surface area contributed by atoms with Gasteiger partial charge in [-0.25, -0.2) is 4.39 Å². The summed E-state index contributed by atoms with van der Waals surface area (Å²) in [6.07, 6.45) is 11.5. The van der Waals surface area contributed by atoms with Gasteiger partial charge in [-0.05, 0) is 68.0 Å². The van der Waals surface area contributed by atoms with E-state index < -0.39 is 5.66 Å². The average Bonchev–Trinajstić information content (AvgIpc) is 3.24. The summed E-state index contributed by atoms with van der Waals surface area (Å²) in [7, 11) is 0. The van der Waals surface area contributed by atoms with Gasteiger partial charge in [-0.3, -0.25) is 4.79 Å². The molecule has 0 radical (unpaired) electrons. The molecular formula is C29H36Cl2FN3O2. The second-order valence-electron chi connectivity index (χ2n) is 10.8. The van der Waals surface area contributed by atoms with Gasteiger partial charge in [-0.15, -0.1) is 0 Å². The van der Waals surface area contributed by atoms with Crippen molar-refractivity contribution in [2.75, 3.05) is 17.2 Å². The van der Waals surface area contributed by atoms with Crippen molar-refractivity contribution in [1.29, 1.82) is 0 Å². The minimum atomic E-state index is -0.810. The van der Waals surface area contributed by atoms with Gasteiger partial charge in [0.1, 0.15) is 17.2 Å². The lowest BCUT2D eigenvalue weighted by molar-refractivity contribution is -0.130. The van der Waals surface area contributed by atoms with Crippen LogP contribution in [-0.2, 0) is 4.79 Å². The van der Waals surface area contributed by atoms with Crippen molar-refractivity contribution in [2.45, 2.75) is 82.3 Å². The maximum atomic E-state index is 14.2. The molecule has 5 rings (SSSR count). The molecule has 2 aromatic carbocycles. The lowest BCUT2D eigenvalue weighted by atomic mass is 9.72. The van der Waals surface area contributed by atoms with Gasteiger partial charge in [0.05, 0.1) is 28.9 Å². The maximum absolute atomic E-state index is 14.2. The third kappa shape index (κ3) is 6.12. The molecule has 0 spiro atoms. The number of carbonyl (C=O) groups excluding carboxylic acids is 1. The van der Waals surface area contributed by atoms with Gasteiger partial charge in [-0.1, -0.05) is 61.7 Å². The van der Waals surface area contributed by atoms with Crippen LogP contribution >= 0.6 is 23.2 Å². The number of anilines is 2. The lowest BCUT2D eigenvalue weighted by Gasteiger charge is -2.43. The van der Waals surface area contributed by atoms with Crippen molar-refractivity contribution in [2.24, 2.45) is 11.8 Å². The summed E-state index contributed by atoms with van der Waals surface area (Å²) in [5, 5.41) is 11.6. The highest BCUT2D eigenvalue weighted by Crippen LogP contribution is 2.46. The molecule has 3 aliphatic rings. The molecule has 0 bridgehead atoms. The minimum absolute atomic E-state index is 0.0802. The zero-order valence-corrected chi connectivity index (χ0v) is 22.6. The van der Waals surface area contributed by atoms with Gasteiger partial charge < -0.3 is 20.7 Å². The van der Waals surface area contributed by atoms with E-state index in [1.165, 1.54) is 25.0 Å². The first-order valence-electron chi connectivity index (χ1n) is 13.7. The van der Waals surface area contributed by atoms with Crippen LogP contribution in [0.4, 0.5) is 15.8 Å². The van der Waals surface area contributed by atoms with E-state index in [1.54, 1.807) is 24.3 Å². The fourth-order valence-corrected chi connectivity index (χ4v) is 6.90. The van der Waals surface area contributed by atoms with E-state index in [9.17, 15) is 9.18 Å². The lowest BCUT2D eigenvalue weighted by Crippen LogP contribution is -2.59. The SMILES string of the molecule is O=C(NC1CCCCC1)C(C1CCCCC1)C1(CCOc2ccc(Cl)cc2Cl)Nc2ccc(F)cc2N1. The Morgan fingerprint density at radius 2 is 1.68 bits per heavy atom. The van der Waals surface area contributed by atoms with Crippen LogP contribution in [-0.4, -0.2) is 24.2 Å². The van der Waals surface area contributed by atoms with E-state index in [1.807, 2.05) is 0 Å². The van der Waals surface area contributed by atoms with Crippen LogP contribution in [0.15, 0.2) is 36.4 Å². The summed E-state index contributed by atoms with van der Waals surface area (Å²) in [5.74, 6) is 0.194. The number of fused-ring (bicyclic) bond motifs is 1. The molecule has 0 aromatic heterocycles. The van der Waals surface area contributed by atoms with Crippen molar-refractivity contribution < 1.29 is 13.9 Å². The Morgan fingerprint density at radius 1 is 0.973 bits per heavy atom. The highest BCUT2D eigenvalue weighted by Gasteiger charge is 2.50. The molecule has 3 N–H and O–H groups in total. The Labute approximate surface area is 228 Å². The Bertz CT molecular complexity index is 1100. The van der Waals surface area contributed by atoms with E-state index in [0.29, 0.717) is 34.5 Å². The van der Waals surface area contributed by atoms with Crippen molar-refractivity contribution in [1.82, 2.24) is 5.32 Å². The molecule has 2 saturated carbocycles. The second kappa shape index (κ2) is 11.7. The fourth-order valence-electron chi connectivity index (χ4n) is 6.44. The predicted octanol–water partition coefficient (Wildman–Crippen LogP) is 7.78. The average molecular weight is 549 g/mol. The van der Waals surface area contributed by atoms with Crippen molar-refractivity contribution in [3.63, 3.8) is 0 Å². The third-order valence-corrected chi connectivity index (χ3v) is 8.76. The standard InChI is InChI=1S/C29H36Cl2FN3O2/c30-20-11-14-26(23(31)17-20)37-16-15-29(34-24-13-12-21(32)18-25(24)35-29)27(19-7-3-1-4-8-19)28(36)33-22-9-5-2-6-10-22/h11-14,17-19,22,27,34-35H,1-10,15-16H2,(H,33,36). The van der Waals surface area contributed by atoms with Crippen LogP contribution in [0.5, 0.6) is 5.75 Å². The summed E-state index contributed by atoms with van der Waals surface area (Å²) in [6, 6.07) is 10.1. The molecule has 8 heteroatoms. The first-order valence-corrected chi connectivity index (χ1v) is 14.4. The number of benzene rings is 2. The van der Waals surface area contributed by atoms with E-state index >= 15 is 0 Å². The highest BCUT2D eigenvalue weighted by atomic mass is 35.5. The summed E-state index contributed by atoms with van der Waals surface area (Å²) in [4.78, 5) is 14.1. The van der Waals surface area contributed by atoms with E-state index in [0.717, 1.165) is 57.1 Å². The molecule has 2 atom stereocenters. The van der Waals surface area contributed by atoms with Gasteiger partial charge in [0, 0.05) is 17.5 Å². The number of hydrogen-bond acceptors (Lipinski definition) is 4. The van der Waals surface area contributed by atoms with Crippen LogP contribution in [0.1, 0.15) is 70.6 Å². The summed E-state index contributed by atoms with van der Waals surface area (Å²) in [6.45, 7) is 0.317. The second-order valence-corrected chi connectivity index (χ2v) is 11.6. The number of rotatable bonds is 8. The monoisotopic (exact) mass is 547 g/mol. The summed E-state index contributed by atoms with van der Waals surface area (Å²) in [5.41, 5.74) is 0.670. The topological polar surface area (TPSA) is 62.4 Å². The van der Waals surface area contributed by atoms with Crippen LogP contribution in [0.2, 0.25) is 10.0 Å². The smallest absolute Gasteiger partial charge is 0.227 e. The zero-order valence-electron chi connectivity index (χ0n) is 21.1. The Hall–Kier alpha value is -2.18. The molecule has 2 unspecified atom stereocenters. The largest absolute Gasteiger partial charge is 0.492 e. The van der Waals surface area contributed by atoms with E-state index in [-0.39, 0.29) is 29.6 Å². The van der Waals surface area contributed by atoms with Gasteiger partial charge in [-0.2, -0.15) is 0 Å². The Balaban J connectivity index is 1.43. The van der Waals surface area contributed by atoms with Crippen molar-refractivity contribution in [3.05, 3.63) is 52.3 Å². The number of halogens is 3. The third-order valence-electron chi connectivity index (χ3n) is 8.23. The number of ether oxygens (including phenoxy) is 1. The van der Waals surface area contributed by atoms with Gasteiger partial charge >= 0.3 is 0 Å². The zero-order chi connectivity index (χ0) is 25.8. The fraction of sp³-hybridized carbons (Fsp3) is 0.552. The normalized spacial score (nSPS) is 23.0. The van der Waals surface area contributed by atoms with E-state index in [4.69, 9.17) is 27.9 Å². The summed E-state index contributed by atoms with van der Waals surface area (Å²) < 4.78 is 20.3. The van der Waals surface area contributed by atoms with Gasteiger partial charge in [0.25, 0.3) is 0 Å². The molecule has 1 aliphatic heterocycles. The first-order chi connectivity index (χ1) is 17.9. The molecule has 2 aliphatic carbocycles. The molecule has 37 heavy (non-hydrogen) atoms. The van der Waals surface area contributed by atoms with Crippen molar-refractivity contribution in [3.8, 4) is 5.75 Å². The quantitative estimate of drug-likeness (QED) is 0.315. The minimum Gasteiger partial charge on any atom is -0.492 e. The number of carbonyl (C=O) groups is 1. The van der Waals surface area contributed by atoms with Crippen LogP contribution in [0, 0.1) is 17.7 Å². The molecule has 2 fully saturated rings. The molecular weight excluding hydrogens is 512 g/mol. The predicted molar refractivity (Wildman–Crippen MR) is 148 cm³/mol. The molecule has 1 heterocycles. The van der Waals surface area contributed by atoms with Crippen LogP contribution < -0.4 is 20.7 Å². The van der Waals surface area contributed by atoms with E-state index in [2.05, 4.69) is 16.0 Å². The molecule has 5 nitrogen and oxygen atoms in total. The molecule has 200 valence electrons. The Morgan fingerprint density at radius 3 is 2.41 bits per heavy atom. The van der Waals surface area contributed by atoms with Crippen LogP contribution in [0.25, 0.3) is 0 Å².